The lowest BCUT2D eigenvalue weighted by molar-refractivity contribution is -0.136. The lowest BCUT2D eigenvalue weighted by atomic mass is 10.1. The third kappa shape index (κ3) is 5.25. The monoisotopic (exact) mass is 541 g/mol. The summed E-state index contributed by atoms with van der Waals surface area (Å²) < 4.78 is 66.6. The van der Waals surface area contributed by atoms with Crippen molar-refractivity contribution in [2.24, 2.45) is 0 Å². The van der Waals surface area contributed by atoms with Gasteiger partial charge in [0.05, 0.1) is 37.1 Å². The van der Waals surface area contributed by atoms with E-state index in [1.165, 1.54) is 26.3 Å². The minimum absolute atomic E-state index is 0.0612. The number of hydrogen-bond acceptors (Lipinski definition) is 9. The maximum atomic E-state index is 14.6. The predicted octanol–water partition coefficient (Wildman–Crippen LogP) is 1.67. The topological polar surface area (TPSA) is 157 Å². The molecule has 1 fully saturated rings. The zero-order chi connectivity index (χ0) is 27.8. The number of carbonyl (C=O) groups is 2. The molecule has 0 saturated carbocycles. The molecule has 4 heterocycles. The molecular formula is C22H23F4N7O5. The molecule has 12 nitrogen and oxygen atoms in total. The van der Waals surface area contributed by atoms with Gasteiger partial charge >= 0.3 is 12.3 Å². The highest BCUT2D eigenvalue weighted by atomic mass is 19.4. The number of hydrogen-bond donors (Lipinski definition) is 3. The number of nitrogens with zero attached hydrogens (tertiary/aromatic N) is 5. The van der Waals surface area contributed by atoms with Gasteiger partial charge in [-0.05, 0) is 19.1 Å². The Kier molecular flexibility index (Phi) is 7.26. The SMILES string of the molecule is COc1ncc(-c2cc(C(F)(F)F)c3c(N)ncnn23)cc1C(=O)N[C@@H]1CN(C(=O)OC[C@H](C)O)C[C@@H]1F. The highest BCUT2D eigenvalue weighted by Gasteiger charge is 2.39. The van der Waals surface area contributed by atoms with Crippen LogP contribution >= 0.6 is 0 Å². The molecule has 0 aromatic carbocycles. The summed E-state index contributed by atoms with van der Waals surface area (Å²) >= 11 is 0. The van der Waals surface area contributed by atoms with E-state index in [1.54, 1.807) is 0 Å². The Morgan fingerprint density at radius 1 is 1.29 bits per heavy atom. The fourth-order valence-electron chi connectivity index (χ4n) is 3.99. The molecule has 1 saturated heterocycles. The third-order valence-corrected chi connectivity index (χ3v) is 5.74. The van der Waals surface area contributed by atoms with E-state index in [0.717, 1.165) is 21.8 Å². The Bertz CT molecular complexity index is 1360. The molecule has 0 radical (unpaired) electrons. The minimum atomic E-state index is -4.77. The van der Waals surface area contributed by atoms with Gasteiger partial charge in [0.2, 0.25) is 5.88 Å². The van der Waals surface area contributed by atoms with E-state index in [1.807, 2.05) is 0 Å². The van der Waals surface area contributed by atoms with Crippen molar-refractivity contribution in [3.05, 3.63) is 35.8 Å². The van der Waals surface area contributed by atoms with Crippen LogP contribution in [0.15, 0.2) is 24.7 Å². The highest BCUT2D eigenvalue weighted by Crippen LogP contribution is 2.39. The normalized spacial score (nSPS) is 18.4. The number of carbonyl (C=O) groups excluding carboxylic acids is 2. The Hall–Kier alpha value is -4.21. The number of methoxy groups -OCH3 is 1. The van der Waals surface area contributed by atoms with Crippen LogP contribution in [-0.4, -0.2) is 86.7 Å². The van der Waals surface area contributed by atoms with Crippen molar-refractivity contribution in [2.45, 2.75) is 31.4 Å². The van der Waals surface area contributed by atoms with Crippen molar-refractivity contribution in [3.63, 3.8) is 0 Å². The summed E-state index contributed by atoms with van der Waals surface area (Å²) in [5.41, 5.74) is 3.92. The largest absolute Gasteiger partial charge is 0.480 e. The number of alkyl halides is 4. The zero-order valence-electron chi connectivity index (χ0n) is 20.1. The summed E-state index contributed by atoms with van der Waals surface area (Å²) in [6.45, 7) is 0.572. The van der Waals surface area contributed by atoms with Crippen molar-refractivity contribution in [1.82, 2.24) is 29.8 Å². The maximum absolute atomic E-state index is 14.6. The van der Waals surface area contributed by atoms with Crippen LogP contribution in [0.1, 0.15) is 22.8 Å². The van der Waals surface area contributed by atoms with Crippen molar-refractivity contribution < 1.29 is 41.7 Å². The minimum Gasteiger partial charge on any atom is -0.480 e. The van der Waals surface area contributed by atoms with Crippen molar-refractivity contribution >= 4 is 23.3 Å². The van der Waals surface area contributed by atoms with Gasteiger partial charge in [0.15, 0.2) is 5.82 Å². The molecule has 3 aromatic rings. The number of aliphatic hydroxyl groups excluding tert-OH is 1. The number of nitrogen functional groups attached to an aromatic ring is 1. The molecule has 0 aliphatic carbocycles. The molecular weight excluding hydrogens is 518 g/mol. The lowest BCUT2D eigenvalue weighted by Crippen LogP contribution is -2.42. The molecule has 0 spiro atoms. The number of nitrogens with two attached hydrogens (primary N) is 1. The third-order valence-electron chi connectivity index (χ3n) is 5.74. The zero-order valence-corrected chi connectivity index (χ0v) is 20.1. The first-order chi connectivity index (χ1) is 17.9. The Balaban J connectivity index is 1.63. The smallest absolute Gasteiger partial charge is 0.418 e. The van der Waals surface area contributed by atoms with Crippen LogP contribution in [0.5, 0.6) is 5.88 Å². The Labute approximate surface area is 212 Å². The van der Waals surface area contributed by atoms with Gasteiger partial charge in [-0.15, -0.1) is 0 Å². The van der Waals surface area contributed by atoms with Gasteiger partial charge in [0.1, 0.15) is 30.2 Å². The molecule has 0 unspecified atom stereocenters. The fraction of sp³-hybridized carbons (Fsp3) is 0.409. The number of aromatic nitrogens is 4. The van der Waals surface area contributed by atoms with Gasteiger partial charge in [0.25, 0.3) is 5.91 Å². The van der Waals surface area contributed by atoms with Crippen LogP contribution in [0.2, 0.25) is 0 Å². The van der Waals surface area contributed by atoms with Gasteiger partial charge in [-0.25, -0.2) is 23.7 Å². The van der Waals surface area contributed by atoms with E-state index >= 15 is 0 Å². The van der Waals surface area contributed by atoms with Crippen LogP contribution in [0.4, 0.5) is 28.2 Å². The molecule has 204 valence electrons. The highest BCUT2D eigenvalue weighted by molar-refractivity contribution is 5.98. The molecule has 3 aromatic heterocycles. The summed E-state index contributed by atoms with van der Waals surface area (Å²) in [6, 6.07) is 0.906. The average molecular weight is 541 g/mol. The fourth-order valence-corrected chi connectivity index (χ4v) is 3.99. The first-order valence-corrected chi connectivity index (χ1v) is 11.2. The van der Waals surface area contributed by atoms with E-state index in [9.17, 15) is 32.3 Å². The second kappa shape index (κ2) is 10.3. The number of aliphatic hydroxyl groups is 1. The van der Waals surface area contributed by atoms with E-state index in [2.05, 4.69) is 20.4 Å². The Morgan fingerprint density at radius 3 is 2.68 bits per heavy atom. The number of pyridine rings is 1. The summed E-state index contributed by atoms with van der Waals surface area (Å²) in [5.74, 6) is -1.40. The number of nitrogens with one attached hydrogen (secondary N) is 1. The van der Waals surface area contributed by atoms with Gasteiger partial charge in [0, 0.05) is 18.3 Å². The van der Waals surface area contributed by atoms with Gasteiger partial charge in [-0.1, -0.05) is 0 Å². The van der Waals surface area contributed by atoms with E-state index < -0.39 is 53.4 Å². The van der Waals surface area contributed by atoms with Crippen LogP contribution in [0, 0.1) is 0 Å². The van der Waals surface area contributed by atoms with Crippen LogP contribution in [0.3, 0.4) is 0 Å². The predicted molar refractivity (Wildman–Crippen MR) is 123 cm³/mol. The molecule has 2 amide bonds. The van der Waals surface area contributed by atoms with Crippen molar-refractivity contribution in [1.29, 1.82) is 0 Å². The average Bonchev–Trinajstić information content (AvgIpc) is 3.44. The van der Waals surface area contributed by atoms with Crippen molar-refractivity contribution in [3.8, 4) is 17.1 Å². The molecule has 4 N–H and O–H groups in total. The number of ether oxygens (including phenoxy) is 2. The second-order valence-corrected chi connectivity index (χ2v) is 8.55. The first-order valence-electron chi connectivity index (χ1n) is 11.2. The lowest BCUT2D eigenvalue weighted by Gasteiger charge is -2.17. The second-order valence-electron chi connectivity index (χ2n) is 8.55. The van der Waals surface area contributed by atoms with Gasteiger partial charge in [-0.2, -0.15) is 18.3 Å². The molecule has 4 rings (SSSR count). The van der Waals surface area contributed by atoms with E-state index in [0.29, 0.717) is 0 Å². The Morgan fingerprint density at radius 2 is 2.03 bits per heavy atom. The first kappa shape index (κ1) is 26.8. The van der Waals surface area contributed by atoms with E-state index in [4.69, 9.17) is 15.2 Å². The molecule has 38 heavy (non-hydrogen) atoms. The quantitative estimate of drug-likeness (QED) is 0.395. The number of amides is 2. The number of rotatable bonds is 6. The van der Waals surface area contributed by atoms with Gasteiger partial charge in [-0.3, -0.25) is 4.79 Å². The maximum Gasteiger partial charge on any atom is 0.418 e. The van der Waals surface area contributed by atoms with Crippen LogP contribution < -0.4 is 15.8 Å². The number of likely N-dealkylation sites (tertiary alicyclic amines) is 1. The van der Waals surface area contributed by atoms with Crippen molar-refractivity contribution in [2.75, 3.05) is 32.5 Å². The van der Waals surface area contributed by atoms with Crippen LogP contribution in [-0.2, 0) is 10.9 Å². The molecule has 16 heteroatoms. The molecule has 1 aliphatic heterocycles. The van der Waals surface area contributed by atoms with E-state index in [-0.39, 0.29) is 42.4 Å². The molecule has 0 bridgehead atoms. The standard InChI is InChI=1S/C22H23F4N7O5/c1-10(34)8-38-21(36)32-6-14(23)15(7-32)31-19(35)12-3-11(5-28-20(12)37-2)16-4-13(22(24,25)26)17-18(27)29-9-30-33(16)17/h3-5,9-10,14-15,34H,6-8H2,1-2H3,(H,31,35)(H2,27,29,30)/t10-,14-,15+/m0/s1. The van der Waals surface area contributed by atoms with Crippen LogP contribution in [0.25, 0.3) is 16.8 Å². The molecule has 1 aliphatic rings. The summed E-state index contributed by atoms with van der Waals surface area (Å²) in [5, 5.41) is 15.6. The summed E-state index contributed by atoms with van der Waals surface area (Å²) in [7, 11) is 1.23. The number of fused-ring (bicyclic) bond motifs is 1. The molecule has 3 atom stereocenters. The van der Waals surface area contributed by atoms with Gasteiger partial charge < -0.3 is 30.5 Å². The summed E-state index contributed by atoms with van der Waals surface area (Å²) in [6.07, 6.45) is -6.00. The number of anilines is 1. The summed E-state index contributed by atoms with van der Waals surface area (Å²) in [4.78, 5) is 33.9. The number of halogens is 4.